The van der Waals surface area contributed by atoms with Crippen molar-refractivity contribution in [1.29, 1.82) is 0 Å². The molecule has 3 N–H and O–H groups in total. The van der Waals surface area contributed by atoms with Crippen molar-refractivity contribution in [3.05, 3.63) is 53.5 Å². The second kappa shape index (κ2) is 6.12. The number of aryl methyl sites for hydroxylation is 1. The van der Waals surface area contributed by atoms with Crippen LogP contribution in [0.1, 0.15) is 17.0 Å². The maximum absolute atomic E-state index is 5.52. The van der Waals surface area contributed by atoms with Gasteiger partial charge in [0.1, 0.15) is 11.6 Å². The fourth-order valence-corrected chi connectivity index (χ4v) is 1.74. The number of nitrogens with zero attached hydrogens (tertiary/aromatic N) is 2. The van der Waals surface area contributed by atoms with Crippen molar-refractivity contribution >= 4 is 5.82 Å². The number of hydrogen-bond acceptors (Lipinski definition) is 4. The first-order chi connectivity index (χ1) is 8.78. The van der Waals surface area contributed by atoms with Crippen molar-refractivity contribution in [3.63, 3.8) is 0 Å². The van der Waals surface area contributed by atoms with Crippen LogP contribution in [0, 0.1) is 6.92 Å². The SMILES string of the molecule is Cc1nccc(NCc2ccc(CCN)cc2)n1. The molecule has 0 unspecified atom stereocenters. The predicted octanol–water partition coefficient (Wildman–Crippen LogP) is 1.90. The van der Waals surface area contributed by atoms with Crippen molar-refractivity contribution in [1.82, 2.24) is 9.97 Å². The summed E-state index contributed by atoms with van der Waals surface area (Å²) in [6.07, 6.45) is 2.69. The van der Waals surface area contributed by atoms with Crippen LogP contribution in [-0.2, 0) is 13.0 Å². The zero-order valence-corrected chi connectivity index (χ0v) is 10.6. The van der Waals surface area contributed by atoms with Gasteiger partial charge in [0.05, 0.1) is 0 Å². The summed E-state index contributed by atoms with van der Waals surface area (Å²) in [5, 5.41) is 3.28. The first-order valence-electron chi connectivity index (χ1n) is 6.09. The third-order valence-corrected chi connectivity index (χ3v) is 2.71. The molecule has 0 amide bonds. The Morgan fingerprint density at radius 2 is 1.83 bits per heavy atom. The molecule has 2 rings (SSSR count). The van der Waals surface area contributed by atoms with Crippen molar-refractivity contribution in [2.75, 3.05) is 11.9 Å². The molecule has 0 spiro atoms. The molecule has 0 aliphatic carbocycles. The summed E-state index contributed by atoms with van der Waals surface area (Å²) in [6, 6.07) is 10.3. The first-order valence-corrected chi connectivity index (χ1v) is 6.09. The standard InChI is InChI=1S/C14H18N4/c1-11-16-9-7-14(18-11)17-10-13-4-2-12(3-5-13)6-8-15/h2-5,7,9H,6,8,10,15H2,1H3,(H,16,17,18). The van der Waals surface area contributed by atoms with Crippen LogP contribution in [0.5, 0.6) is 0 Å². The normalized spacial score (nSPS) is 10.3. The highest BCUT2D eigenvalue weighted by Crippen LogP contribution is 2.08. The summed E-state index contributed by atoms with van der Waals surface area (Å²) < 4.78 is 0. The molecule has 0 saturated carbocycles. The van der Waals surface area contributed by atoms with E-state index < -0.39 is 0 Å². The fourth-order valence-electron chi connectivity index (χ4n) is 1.74. The Morgan fingerprint density at radius 3 is 2.50 bits per heavy atom. The lowest BCUT2D eigenvalue weighted by atomic mass is 10.1. The summed E-state index contributed by atoms with van der Waals surface area (Å²) in [6.45, 7) is 3.34. The molecule has 1 heterocycles. The van der Waals surface area contributed by atoms with Crippen LogP contribution in [-0.4, -0.2) is 16.5 Å². The topological polar surface area (TPSA) is 63.8 Å². The molecular formula is C14H18N4. The van der Waals surface area contributed by atoms with E-state index in [1.807, 2.05) is 13.0 Å². The molecule has 0 atom stereocenters. The second-order valence-electron chi connectivity index (χ2n) is 4.20. The Balaban J connectivity index is 1.93. The smallest absolute Gasteiger partial charge is 0.129 e. The van der Waals surface area contributed by atoms with Gasteiger partial charge in [0.25, 0.3) is 0 Å². The molecule has 1 aromatic carbocycles. The van der Waals surface area contributed by atoms with E-state index in [2.05, 4.69) is 39.6 Å². The highest BCUT2D eigenvalue weighted by atomic mass is 15.0. The lowest BCUT2D eigenvalue weighted by Gasteiger charge is -2.06. The van der Waals surface area contributed by atoms with Gasteiger partial charge in [-0.05, 0) is 37.1 Å². The van der Waals surface area contributed by atoms with Gasteiger partial charge in [-0.25, -0.2) is 9.97 Å². The minimum absolute atomic E-state index is 0.692. The predicted molar refractivity (Wildman–Crippen MR) is 73.3 cm³/mol. The molecule has 0 radical (unpaired) electrons. The van der Waals surface area contributed by atoms with Gasteiger partial charge < -0.3 is 11.1 Å². The van der Waals surface area contributed by atoms with Crippen molar-refractivity contribution < 1.29 is 0 Å². The molecule has 0 saturated heterocycles. The Labute approximate surface area is 107 Å². The zero-order valence-electron chi connectivity index (χ0n) is 10.6. The van der Waals surface area contributed by atoms with Crippen LogP contribution in [0.4, 0.5) is 5.82 Å². The molecular weight excluding hydrogens is 224 g/mol. The van der Waals surface area contributed by atoms with E-state index in [-0.39, 0.29) is 0 Å². The Hall–Kier alpha value is -1.94. The average molecular weight is 242 g/mol. The largest absolute Gasteiger partial charge is 0.366 e. The van der Waals surface area contributed by atoms with E-state index in [0.717, 1.165) is 24.6 Å². The highest BCUT2D eigenvalue weighted by molar-refractivity contribution is 5.35. The van der Waals surface area contributed by atoms with Gasteiger partial charge in [-0.3, -0.25) is 0 Å². The van der Waals surface area contributed by atoms with Gasteiger partial charge in [-0.1, -0.05) is 24.3 Å². The van der Waals surface area contributed by atoms with Gasteiger partial charge in [0.15, 0.2) is 0 Å². The average Bonchev–Trinajstić information content (AvgIpc) is 2.38. The van der Waals surface area contributed by atoms with E-state index in [4.69, 9.17) is 5.73 Å². The van der Waals surface area contributed by atoms with Crippen LogP contribution in [0.15, 0.2) is 36.5 Å². The molecule has 1 aromatic heterocycles. The maximum Gasteiger partial charge on any atom is 0.129 e. The maximum atomic E-state index is 5.52. The third kappa shape index (κ3) is 3.53. The molecule has 18 heavy (non-hydrogen) atoms. The quantitative estimate of drug-likeness (QED) is 0.840. The number of aromatic nitrogens is 2. The minimum Gasteiger partial charge on any atom is -0.366 e. The number of benzene rings is 1. The van der Waals surface area contributed by atoms with E-state index >= 15 is 0 Å². The van der Waals surface area contributed by atoms with Crippen LogP contribution >= 0.6 is 0 Å². The summed E-state index contributed by atoms with van der Waals surface area (Å²) in [5.41, 5.74) is 8.03. The van der Waals surface area contributed by atoms with Gasteiger partial charge in [-0.2, -0.15) is 0 Å². The molecule has 94 valence electrons. The number of hydrogen-bond donors (Lipinski definition) is 2. The second-order valence-corrected chi connectivity index (χ2v) is 4.20. The Bertz CT molecular complexity index is 493. The fraction of sp³-hybridized carbons (Fsp3) is 0.286. The van der Waals surface area contributed by atoms with Gasteiger partial charge in [-0.15, -0.1) is 0 Å². The molecule has 0 aliphatic rings. The summed E-state index contributed by atoms with van der Waals surface area (Å²) in [7, 11) is 0. The van der Waals surface area contributed by atoms with E-state index in [1.54, 1.807) is 6.20 Å². The van der Waals surface area contributed by atoms with Gasteiger partial charge in [0, 0.05) is 12.7 Å². The molecule has 0 bridgehead atoms. The number of nitrogens with two attached hydrogens (primary N) is 1. The summed E-state index contributed by atoms with van der Waals surface area (Å²) in [4.78, 5) is 8.36. The lowest BCUT2D eigenvalue weighted by molar-refractivity contribution is 0.965. The first kappa shape index (κ1) is 12.5. The molecule has 0 aliphatic heterocycles. The van der Waals surface area contributed by atoms with Gasteiger partial charge >= 0.3 is 0 Å². The number of anilines is 1. The van der Waals surface area contributed by atoms with E-state index in [1.165, 1.54) is 11.1 Å². The van der Waals surface area contributed by atoms with Crippen molar-refractivity contribution in [2.45, 2.75) is 19.9 Å². The third-order valence-electron chi connectivity index (χ3n) is 2.71. The van der Waals surface area contributed by atoms with Crippen molar-refractivity contribution in [2.24, 2.45) is 5.73 Å². The van der Waals surface area contributed by atoms with E-state index in [9.17, 15) is 0 Å². The molecule has 0 fully saturated rings. The monoisotopic (exact) mass is 242 g/mol. The Morgan fingerprint density at radius 1 is 1.11 bits per heavy atom. The molecule has 4 heteroatoms. The molecule has 4 nitrogen and oxygen atoms in total. The zero-order chi connectivity index (χ0) is 12.8. The number of nitrogens with one attached hydrogen (secondary N) is 1. The minimum atomic E-state index is 0.692. The van der Waals surface area contributed by atoms with Crippen LogP contribution in [0.25, 0.3) is 0 Å². The number of rotatable bonds is 5. The van der Waals surface area contributed by atoms with E-state index in [0.29, 0.717) is 6.54 Å². The highest BCUT2D eigenvalue weighted by Gasteiger charge is 1.97. The summed E-state index contributed by atoms with van der Waals surface area (Å²) in [5.74, 6) is 1.63. The van der Waals surface area contributed by atoms with Crippen molar-refractivity contribution in [3.8, 4) is 0 Å². The molecule has 2 aromatic rings. The van der Waals surface area contributed by atoms with Crippen LogP contribution in [0.2, 0.25) is 0 Å². The summed E-state index contributed by atoms with van der Waals surface area (Å²) >= 11 is 0. The van der Waals surface area contributed by atoms with Gasteiger partial charge in [0.2, 0.25) is 0 Å². The lowest BCUT2D eigenvalue weighted by Crippen LogP contribution is -2.04. The Kier molecular flexibility index (Phi) is 4.25. The van der Waals surface area contributed by atoms with Crippen LogP contribution < -0.4 is 11.1 Å². The van der Waals surface area contributed by atoms with Crippen LogP contribution in [0.3, 0.4) is 0 Å².